The van der Waals surface area contributed by atoms with Crippen molar-refractivity contribution in [3.8, 4) is 0 Å². The topological polar surface area (TPSA) is 63.8 Å². The lowest BCUT2D eigenvalue weighted by Gasteiger charge is -2.07. The largest absolute Gasteiger partial charge is 0.384 e. The van der Waals surface area contributed by atoms with Crippen molar-refractivity contribution in [1.29, 1.82) is 0 Å². The van der Waals surface area contributed by atoms with E-state index in [2.05, 4.69) is 33.7 Å². The number of rotatable bonds is 4. The van der Waals surface area contributed by atoms with Crippen molar-refractivity contribution in [3.05, 3.63) is 33.8 Å². The summed E-state index contributed by atoms with van der Waals surface area (Å²) < 4.78 is 0. The van der Waals surface area contributed by atoms with E-state index in [-0.39, 0.29) is 0 Å². The Kier molecular flexibility index (Phi) is 2.91. The minimum Gasteiger partial charge on any atom is -0.384 e. The van der Waals surface area contributed by atoms with Crippen LogP contribution < -0.4 is 11.1 Å². The van der Waals surface area contributed by atoms with Crippen LogP contribution in [0.5, 0.6) is 0 Å². The summed E-state index contributed by atoms with van der Waals surface area (Å²) >= 11 is 1.76. The van der Waals surface area contributed by atoms with E-state index in [1.807, 2.05) is 0 Å². The van der Waals surface area contributed by atoms with Gasteiger partial charge in [-0.25, -0.2) is 9.97 Å². The molecule has 2 aromatic heterocycles. The monoisotopic (exact) mass is 260 g/mol. The highest BCUT2D eigenvalue weighted by Crippen LogP contribution is 2.38. The first-order valence-corrected chi connectivity index (χ1v) is 7.01. The number of aryl methyl sites for hydroxylation is 1. The van der Waals surface area contributed by atoms with Crippen LogP contribution >= 0.6 is 11.3 Å². The normalized spacial score (nSPS) is 14.7. The average molecular weight is 260 g/mol. The number of hydrogen-bond donors (Lipinski definition) is 2. The lowest BCUT2D eigenvalue weighted by atomic mass is 10.3. The Hall–Kier alpha value is -1.62. The number of aromatic nitrogens is 2. The number of anilines is 2. The smallest absolute Gasteiger partial charge is 0.136 e. The lowest BCUT2D eigenvalue weighted by molar-refractivity contribution is 0.927. The molecule has 1 aliphatic rings. The summed E-state index contributed by atoms with van der Waals surface area (Å²) in [6.07, 6.45) is 2.37. The highest BCUT2D eigenvalue weighted by atomic mass is 32.1. The predicted octanol–water partition coefficient (Wildman–Crippen LogP) is 2.92. The molecule has 0 spiro atoms. The van der Waals surface area contributed by atoms with Gasteiger partial charge in [0.25, 0.3) is 0 Å². The van der Waals surface area contributed by atoms with E-state index in [1.165, 1.54) is 23.3 Å². The average Bonchev–Trinajstić information content (AvgIpc) is 3.11. The van der Waals surface area contributed by atoms with E-state index < -0.39 is 0 Å². The molecule has 1 saturated carbocycles. The van der Waals surface area contributed by atoms with Gasteiger partial charge in [-0.15, -0.1) is 11.3 Å². The molecule has 18 heavy (non-hydrogen) atoms. The summed E-state index contributed by atoms with van der Waals surface area (Å²) in [6.45, 7) is 2.92. The van der Waals surface area contributed by atoms with Crippen LogP contribution in [0.4, 0.5) is 11.6 Å². The van der Waals surface area contributed by atoms with Crippen LogP contribution in [0, 0.1) is 6.92 Å². The maximum absolute atomic E-state index is 5.82. The molecule has 0 aliphatic heterocycles. The number of nitrogen functional groups attached to an aromatic ring is 1. The zero-order chi connectivity index (χ0) is 12.5. The molecular weight excluding hydrogens is 244 g/mol. The molecule has 1 aliphatic carbocycles. The number of hydrogen-bond acceptors (Lipinski definition) is 5. The van der Waals surface area contributed by atoms with E-state index in [0.29, 0.717) is 11.7 Å². The second-order valence-electron chi connectivity index (χ2n) is 4.69. The minimum absolute atomic E-state index is 0.525. The second kappa shape index (κ2) is 4.57. The van der Waals surface area contributed by atoms with Crippen LogP contribution in [0.2, 0.25) is 0 Å². The molecule has 2 heterocycles. The Labute approximate surface area is 110 Å². The maximum atomic E-state index is 5.82. The third kappa shape index (κ3) is 2.46. The fraction of sp³-hybridized carbons (Fsp3) is 0.385. The van der Waals surface area contributed by atoms with Crippen molar-refractivity contribution in [2.24, 2.45) is 0 Å². The second-order valence-corrected chi connectivity index (χ2v) is 5.69. The maximum Gasteiger partial charge on any atom is 0.136 e. The zero-order valence-corrected chi connectivity index (χ0v) is 11.1. The fourth-order valence-electron chi connectivity index (χ4n) is 1.86. The summed E-state index contributed by atoms with van der Waals surface area (Å²) in [7, 11) is 0. The molecule has 0 saturated heterocycles. The molecule has 0 amide bonds. The Morgan fingerprint density at radius 3 is 2.94 bits per heavy atom. The van der Waals surface area contributed by atoms with Crippen LogP contribution in [0.25, 0.3) is 0 Å². The summed E-state index contributed by atoms with van der Waals surface area (Å²) in [4.78, 5) is 10.1. The molecule has 0 radical (unpaired) electrons. The van der Waals surface area contributed by atoms with E-state index in [9.17, 15) is 0 Å². The molecule has 5 heteroatoms. The van der Waals surface area contributed by atoms with Crippen LogP contribution in [-0.4, -0.2) is 9.97 Å². The van der Waals surface area contributed by atoms with Gasteiger partial charge in [0.05, 0.1) is 6.54 Å². The standard InChI is InChI=1S/C13H16N4S/c1-8-4-5-18-10(8)7-15-12-6-11(14)16-13(17-12)9-2-3-9/h4-6,9H,2-3,7H2,1H3,(H3,14,15,16,17). The first-order valence-electron chi connectivity index (χ1n) is 6.13. The summed E-state index contributed by atoms with van der Waals surface area (Å²) in [5, 5.41) is 5.44. The van der Waals surface area contributed by atoms with Crippen molar-refractivity contribution in [1.82, 2.24) is 9.97 Å². The van der Waals surface area contributed by atoms with Gasteiger partial charge in [-0.3, -0.25) is 0 Å². The molecule has 0 bridgehead atoms. The van der Waals surface area contributed by atoms with Crippen molar-refractivity contribution in [2.45, 2.75) is 32.2 Å². The Morgan fingerprint density at radius 1 is 1.44 bits per heavy atom. The molecule has 94 valence electrons. The zero-order valence-electron chi connectivity index (χ0n) is 10.3. The van der Waals surface area contributed by atoms with Crippen molar-refractivity contribution < 1.29 is 0 Å². The molecule has 3 N–H and O–H groups in total. The molecule has 4 nitrogen and oxygen atoms in total. The van der Waals surface area contributed by atoms with E-state index in [4.69, 9.17) is 5.73 Å². The van der Waals surface area contributed by atoms with Gasteiger partial charge in [-0.2, -0.15) is 0 Å². The molecule has 0 atom stereocenters. The summed E-state index contributed by atoms with van der Waals surface area (Å²) in [5.41, 5.74) is 7.13. The number of thiophene rings is 1. The third-order valence-corrected chi connectivity index (χ3v) is 4.13. The third-order valence-electron chi connectivity index (χ3n) is 3.10. The first kappa shape index (κ1) is 11.5. The van der Waals surface area contributed by atoms with E-state index >= 15 is 0 Å². The van der Waals surface area contributed by atoms with Crippen LogP contribution in [0.15, 0.2) is 17.5 Å². The Balaban J connectivity index is 1.74. The quantitative estimate of drug-likeness (QED) is 0.887. The number of nitrogens with one attached hydrogen (secondary N) is 1. The molecule has 0 aromatic carbocycles. The molecule has 2 aromatic rings. The predicted molar refractivity (Wildman–Crippen MR) is 74.8 cm³/mol. The fourth-order valence-corrected chi connectivity index (χ4v) is 2.70. The van der Waals surface area contributed by atoms with E-state index in [0.717, 1.165) is 18.2 Å². The lowest BCUT2D eigenvalue weighted by Crippen LogP contribution is -2.05. The highest BCUT2D eigenvalue weighted by Gasteiger charge is 2.27. The van der Waals surface area contributed by atoms with Gasteiger partial charge in [0.1, 0.15) is 17.5 Å². The Bertz CT molecular complexity index is 560. The summed E-state index contributed by atoms with van der Waals surface area (Å²) in [5.74, 6) is 2.80. The van der Waals surface area contributed by atoms with Gasteiger partial charge in [0.15, 0.2) is 0 Å². The minimum atomic E-state index is 0.525. The SMILES string of the molecule is Cc1ccsc1CNc1cc(N)nc(C2CC2)n1. The van der Waals surface area contributed by atoms with Gasteiger partial charge in [-0.05, 0) is 36.8 Å². The van der Waals surface area contributed by atoms with Crippen LogP contribution in [0.1, 0.15) is 35.0 Å². The van der Waals surface area contributed by atoms with Gasteiger partial charge < -0.3 is 11.1 Å². The van der Waals surface area contributed by atoms with Gasteiger partial charge in [0.2, 0.25) is 0 Å². The van der Waals surface area contributed by atoms with Gasteiger partial charge in [0, 0.05) is 16.9 Å². The molecular formula is C13H16N4S. The van der Waals surface area contributed by atoms with E-state index in [1.54, 1.807) is 17.4 Å². The van der Waals surface area contributed by atoms with Crippen LogP contribution in [0.3, 0.4) is 0 Å². The molecule has 1 fully saturated rings. The number of nitrogens with two attached hydrogens (primary N) is 1. The van der Waals surface area contributed by atoms with Gasteiger partial charge in [-0.1, -0.05) is 0 Å². The van der Waals surface area contributed by atoms with Crippen molar-refractivity contribution >= 4 is 23.0 Å². The molecule has 3 rings (SSSR count). The summed E-state index contributed by atoms with van der Waals surface area (Å²) in [6, 6.07) is 3.93. The number of nitrogens with zero attached hydrogens (tertiary/aromatic N) is 2. The van der Waals surface area contributed by atoms with Crippen LogP contribution in [-0.2, 0) is 6.54 Å². The Morgan fingerprint density at radius 2 is 2.28 bits per heavy atom. The van der Waals surface area contributed by atoms with Crippen molar-refractivity contribution in [2.75, 3.05) is 11.1 Å². The van der Waals surface area contributed by atoms with Gasteiger partial charge >= 0.3 is 0 Å². The first-order chi connectivity index (χ1) is 8.72. The van der Waals surface area contributed by atoms with Crippen molar-refractivity contribution in [3.63, 3.8) is 0 Å². The highest BCUT2D eigenvalue weighted by molar-refractivity contribution is 7.10. The molecule has 0 unspecified atom stereocenters.